The van der Waals surface area contributed by atoms with Gasteiger partial charge in [-0.3, -0.25) is 4.79 Å². The first-order chi connectivity index (χ1) is 8.00. The molecule has 0 aromatic carbocycles. The summed E-state index contributed by atoms with van der Waals surface area (Å²) in [7, 11) is 0. The fourth-order valence-electron chi connectivity index (χ4n) is 2.52. The van der Waals surface area contributed by atoms with E-state index in [4.69, 9.17) is 4.74 Å². The normalized spacial score (nSPS) is 24.2. The molecule has 2 heterocycles. The number of hydrogen-bond donors (Lipinski definition) is 0. The fraction of sp³-hybridized carbons (Fsp3) is 0.769. The van der Waals surface area contributed by atoms with Gasteiger partial charge in [0.25, 0.3) is 0 Å². The van der Waals surface area contributed by atoms with E-state index in [0.29, 0.717) is 19.8 Å². The van der Waals surface area contributed by atoms with Gasteiger partial charge in [0, 0.05) is 24.3 Å². The van der Waals surface area contributed by atoms with E-state index in [2.05, 4.69) is 25.3 Å². The fourth-order valence-corrected chi connectivity index (χ4v) is 2.52. The van der Waals surface area contributed by atoms with Gasteiger partial charge in [-0.25, -0.2) is 0 Å². The number of hydrogen-bond acceptors (Lipinski definition) is 3. The predicted molar refractivity (Wildman–Crippen MR) is 66.6 cm³/mol. The maximum atomic E-state index is 12.2. The van der Waals surface area contributed by atoms with Gasteiger partial charge >= 0.3 is 0 Å². The van der Waals surface area contributed by atoms with E-state index in [1.165, 1.54) is 0 Å². The average Bonchev–Trinajstić information content (AvgIpc) is 2.57. The highest BCUT2D eigenvalue weighted by Crippen LogP contribution is 2.34. The number of rotatable bonds is 2. The molecule has 17 heavy (non-hydrogen) atoms. The molecule has 2 aliphatic rings. The van der Waals surface area contributed by atoms with Gasteiger partial charge in [0.1, 0.15) is 0 Å². The number of nitrogens with zero attached hydrogens (tertiary/aromatic N) is 2. The van der Waals surface area contributed by atoms with Crippen LogP contribution in [0.4, 0.5) is 0 Å². The zero-order valence-electron chi connectivity index (χ0n) is 10.9. The van der Waals surface area contributed by atoms with Crippen LogP contribution in [0.5, 0.6) is 0 Å². The molecule has 0 aromatic heterocycles. The maximum Gasteiger partial charge on any atom is 0.242 e. The molecule has 2 fully saturated rings. The van der Waals surface area contributed by atoms with E-state index in [-0.39, 0.29) is 11.4 Å². The molecule has 0 unspecified atom stereocenters. The third-order valence-corrected chi connectivity index (χ3v) is 3.79. The van der Waals surface area contributed by atoms with E-state index in [9.17, 15) is 4.79 Å². The van der Waals surface area contributed by atoms with Gasteiger partial charge < -0.3 is 14.5 Å². The van der Waals surface area contributed by atoms with Gasteiger partial charge in [-0.15, -0.1) is 0 Å². The van der Waals surface area contributed by atoms with Crippen LogP contribution in [0.25, 0.3) is 0 Å². The highest BCUT2D eigenvalue weighted by atomic mass is 16.5. The highest BCUT2D eigenvalue weighted by Gasteiger charge is 2.35. The predicted octanol–water partition coefficient (Wildman–Crippen LogP) is 1.23. The van der Waals surface area contributed by atoms with Crippen molar-refractivity contribution < 1.29 is 9.53 Å². The van der Waals surface area contributed by atoms with Gasteiger partial charge in [-0.2, -0.15) is 0 Å². The van der Waals surface area contributed by atoms with Gasteiger partial charge in [0.05, 0.1) is 19.8 Å². The van der Waals surface area contributed by atoms with E-state index in [1.807, 2.05) is 4.90 Å². The quantitative estimate of drug-likeness (QED) is 0.725. The summed E-state index contributed by atoms with van der Waals surface area (Å²) in [5.74, 6) is 0.199. The molecule has 2 rings (SSSR count). The SMILES string of the molecule is C=C1CCC(C)(C)N1CC(=O)N1CCOCC1. The number of ether oxygens (including phenoxy) is 1. The van der Waals surface area contributed by atoms with Gasteiger partial charge in [-0.05, 0) is 26.7 Å². The minimum Gasteiger partial charge on any atom is -0.378 e. The van der Waals surface area contributed by atoms with E-state index in [1.54, 1.807) is 0 Å². The van der Waals surface area contributed by atoms with Gasteiger partial charge in [0.2, 0.25) is 5.91 Å². The smallest absolute Gasteiger partial charge is 0.242 e. The largest absolute Gasteiger partial charge is 0.378 e. The van der Waals surface area contributed by atoms with Crippen LogP contribution in [0.1, 0.15) is 26.7 Å². The number of morpholine rings is 1. The van der Waals surface area contributed by atoms with Crippen molar-refractivity contribution in [1.82, 2.24) is 9.80 Å². The molecule has 2 saturated heterocycles. The maximum absolute atomic E-state index is 12.2. The Labute approximate surface area is 103 Å². The lowest BCUT2D eigenvalue weighted by Gasteiger charge is -2.36. The molecular formula is C13H22N2O2. The Morgan fingerprint density at radius 3 is 2.59 bits per heavy atom. The highest BCUT2D eigenvalue weighted by molar-refractivity contribution is 5.78. The third kappa shape index (κ3) is 2.63. The molecule has 0 aliphatic carbocycles. The molecule has 1 amide bonds. The Balaban J connectivity index is 1.95. The molecule has 0 spiro atoms. The number of carbonyl (C=O) groups is 1. The lowest BCUT2D eigenvalue weighted by atomic mass is 10.0. The molecule has 0 aromatic rings. The molecule has 4 nitrogen and oxygen atoms in total. The van der Waals surface area contributed by atoms with Crippen LogP contribution in [-0.4, -0.2) is 54.1 Å². The van der Waals surface area contributed by atoms with E-state index < -0.39 is 0 Å². The summed E-state index contributed by atoms with van der Waals surface area (Å²) in [6.45, 7) is 11.6. The van der Waals surface area contributed by atoms with Crippen LogP contribution in [0.15, 0.2) is 12.3 Å². The van der Waals surface area contributed by atoms with Crippen LogP contribution < -0.4 is 0 Å². The Hall–Kier alpha value is -1.03. The lowest BCUT2D eigenvalue weighted by molar-refractivity contribution is -0.136. The topological polar surface area (TPSA) is 32.8 Å². The third-order valence-electron chi connectivity index (χ3n) is 3.79. The van der Waals surface area contributed by atoms with Gasteiger partial charge in [0.15, 0.2) is 0 Å². The van der Waals surface area contributed by atoms with Crippen LogP contribution in [-0.2, 0) is 9.53 Å². The van der Waals surface area contributed by atoms with Crippen molar-refractivity contribution in [3.05, 3.63) is 12.3 Å². The van der Waals surface area contributed by atoms with E-state index >= 15 is 0 Å². The van der Waals surface area contributed by atoms with Crippen LogP contribution in [0, 0.1) is 0 Å². The van der Waals surface area contributed by atoms with E-state index in [0.717, 1.165) is 31.6 Å². The first-order valence-corrected chi connectivity index (χ1v) is 6.32. The van der Waals surface area contributed by atoms with Crippen LogP contribution in [0.2, 0.25) is 0 Å². The van der Waals surface area contributed by atoms with Gasteiger partial charge in [-0.1, -0.05) is 6.58 Å². The van der Waals surface area contributed by atoms with Crippen LogP contribution >= 0.6 is 0 Å². The number of amides is 1. The standard InChI is InChI=1S/C13H22N2O2/c1-11-4-5-13(2,3)15(11)10-12(16)14-6-8-17-9-7-14/h1,4-10H2,2-3H3. The number of allylic oxidation sites excluding steroid dienone is 1. The first kappa shape index (κ1) is 12.4. The minimum absolute atomic E-state index is 0.0685. The molecule has 96 valence electrons. The molecule has 0 N–H and O–H groups in total. The Bertz CT molecular complexity index is 319. The van der Waals surface area contributed by atoms with Crippen molar-refractivity contribution in [3.63, 3.8) is 0 Å². The summed E-state index contributed by atoms with van der Waals surface area (Å²) >= 11 is 0. The second-order valence-electron chi connectivity index (χ2n) is 5.46. The molecule has 2 aliphatic heterocycles. The molecule has 0 radical (unpaired) electrons. The zero-order chi connectivity index (χ0) is 12.5. The molecule has 0 saturated carbocycles. The van der Waals surface area contributed by atoms with Crippen LogP contribution in [0.3, 0.4) is 0 Å². The molecule has 4 heteroatoms. The summed E-state index contributed by atoms with van der Waals surface area (Å²) in [6, 6.07) is 0. The summed E-state index contributed by atoms with van der Waals surface area (Å²) in [4.78, 5) is 16.2. The summed E-state index contributed by atoms with van der Waals surface area (Å²) in [5.41, 5.74) is 1.16. The minimum atomic E-state index is 0.0685. The second kappa shape index (κ2) is 4.69. The van der Waals surface area contributed by atoms with Crippen molar-refractivity contribution >= 4 is 5.91 Å². The number of likely N-dealkylation sites (tertiary alicyclic amines) is 1. The Morgan fingerprint density at radius 2 is 2.06 bits per heavy atom. The van der Waals surface area contributed by atoms with Crippen molar-refractivity contribution in [3.8, 4) is 0 Å². The molecule has 0 bridgehead atoms. The van der Waals surface area contributed by atoms with Crippen molar-refractivity contribution in [2.45, 2.75) is 32.2 Å². The zero-order valence-corrected chi connectivity index (χ0v) is 10.9. The second-order valence-corrected chi connectivity index (χ2v) is 5.46. The average molecular weight is 238 g/mol. The summed E-state index contributed by atoms with van der Waals surface area (Å²) in [6.07, 6.45) is 2.09. The molecule has 0 atom stereocenters. The summed E-state index contributed by atoms with van der Waals surface area (Å²) < 4.78 is 5.26. The first-order valence-electron chi connectivity index (χ1n) is 6.32. The van der Waals surface area contributed by atoms with Crippen molar-refractivity contribution in [2.75, 3.05) is 32.8 Å². The van der Waals surface area contributed by atoms with Crippen molar-refractivity contribution in [1.29, 1.82) is 0 Å². The Kier molecular flexibility index (Phi) is 3.43. The number of carbonyl (C=O) groups excluding carboxylic acids is 1. The Morgan fingerprint density at radius 1 is 1.41 bits per heavy atom. The monoisotopic (exact) mass is 238 g/mol. The summed E-state index contributed by atoms with van der Waals surface area (Å²) in [5, 5.41) is 0. The molecular weight excluding hydrogens is 216 g/mol. The van der Waals surface area contributed by atoms with Crippen molar-refractivity contribution in [2.24, 2.45) is 0 Å². The lowest BCUT2D eigenvalue weighted by Crippen LogP contribution is -2.48.